The van der Waals surface area contributed by atoms with E-state index in [2.05, 4.69) is 29.4 Å². The summed E-state index contributed by atoms with van der Waals surface area (Å²) in [6.07, 6.45) is 1.96. The van der Waals surface area contributed by atoms with Crippen LogP contribution in [-0.2, 0) is 4.79 Å². The molecule has 1 heterocycles. The second kappa shape index (κ2) is 7.82. The first-order valence-corrected chi connectivity index (χ1v) is 9.52. The van der Waals surface area contributed by atoms with Crippen LogP contribution in [0.3, 0.4) is 0 Å². The van der Waals surface area contributed by atoms with E-state index in [1.165, 1.54) is 23.1 Å². The van der Waals surface area contributed by atoms with Gasteiger partial charge in [-0.1, -0.05) is 66.9 Å². The maximum Gasteiger partial charge on any atom is 0.234 e. The topological polar surface area (TPSA) is 54.9 Å². The summed E-state index contributed by atoms with van der Waals surface area (Å²) >= 11 is 4.49. The minimum Gasteiger partial charge on any atom is -0.325 e. The maximum atomic E-state index is 12.1. The Balaban J connectivity index is 1.93. The van der Waals surface area contributed by atoms with E-state index in [-0.39, 0.29) is 5.91 Å². The number of thioether (sulfide) groups is 2. The number of carbonyl (C=O) groups excluding carboxylic acids is 1. The third kappa shape index (κ3) is 4.72. The van der Waals surface area contributed by atoms with Crippen molar-refractivity contribution in [1.29, 1.82) is 0 Å². The van der Waals surface area contributed by atoms with Gasteiger partial charge in [0.25, 0.3) is 0 Å². The van der Waals surface area contributed by atoms with E-state index < -0.39 is 0 Å². The summed E-state index contributed by atoms with van der Waals surface area (Å²) < 4.78 is 1.75. The first kappa shape index (κ1) is 16.3. The summed E-state index contributed by atoms with van der Waals surface area (Å²) in [7, 11) is 0. The van der Waals surface area contributed by atoms with Crippen molar-refractivity contribution in [3.05, 3.63) is 29.8 Å². The van der Waals surface area contributed by atoms with Crippen LogP contribution < -0.4 is 5.32 Å². The number of hydrogen-bond acceptors (Lipinski definition) is 6. The molecule has 21 heavy (non-hydrogen) atoms. The van der Waals surface area contributed by atoms with E-state index >= 15 is 0 Å². The fourth-order valence-electron chi connectivity index (χ4n) is 1.77. The fourth-order valence-corrected chi connectivity index (χ4v) is 4.00. The molecule has 4 nitrogen and oxygen atoms in total. The van der Waals surface area contributed by atoms with Gasteiger partial charge in [-0.3, -0.25) is 4.79 Å². The van der Waals surface area contributed by atoms with Crippen molar-refractivity contribution in [3.63, 3.8) is 0 Å². The molecular formula is C14H17N3OS3. The van der Waals surface area contributed by atoms with Gasteiger partial charge in [0.2, 0.25) is 5.91 Å². The molecule has 0 fully saturated rings. The molecule has 0 bridgehead atoms. The van der Waals surface area contributed by atoms with Crippen LogP contribution in [0.2, 0.25) is 0 Å². The molecule has 1 N–H and O–H groups in total. The van der Waals surface area contributed by atoms with E-state index in [0.717, 1.165) is 19.9 Å². The first-order chi connectivity index (χ1) is 10.1. The molecule has 1 amide bonds. The molecule has 0 spiro atoms. The van der Waals surface area contributed by atoms with Gasteiger partial charge in [-0.2, -0.15) is 0 Å². The predicted octanol–water partition coefficient (Wildman–Crippen LogP) is 4.11. The lowest BCUT2D eigenvalue weighted by Crippen LogP contribution is -2.15. The highest BCUT2D eigenvalue weighted by Crippen LogP contribution is 2.28. The molecule has 0 atom stereocenters. The van der Waals surface area contributed by atoms with Gasteiger partial charge in [0.1, 0.15) is 0 Å². The van der Waals surface area contributed by atoms with E-state index in [1.54, 1.807) is 11.8 Å². The van der Waals surface area contributed by atoms with Crippen LogP contribution in [-0.4, -0.2) is 28.1 Å². The minimum atomic E-state index is -0.0194. The van der Waals surface area contributed by atoms with Crippen LogP contribution in [0.25, 0.3) is 0 Å². The number of hydrogen-bond donors (Lipinski definition) is 1. The zero-order valence-electron chi connectivity index (χ0n) is 12.1. The molecule has 2 rings (SSSR count). The molecular weight excluding hydrogens is 322 g/mol. The van der Waals surface area contributed by atoms with Crippen LogP contribution in [0.15, 0.2) is 32.9 Å². The summed E-state index contributed by atoms with van der Waals surface area (Å²) in [5, 5.41) is 11.0. The molecule has 0 radical (unpaired) electrons. The van der Waals surface area contributed by atoms with Gasteiger partial charge in [-0.15, -0.1) is 10.2 Å². The summed E-state index contributed by atoms with van der Waals surface area (Å²) in [6.45, 7) is 4.23. The van der Waals surface area contributed by atoms with Gasteiger partial charge in [0.05, 0.1) is 5.75 Å². The molecule has 0 saturated carbocycles. The Morgan fingerprint density at radius 1 is 1.29 bits per heavy atom. The van der Waals surface area contributed by atoms with Gasteiger partial charge >= 0.3 is 0 Å². The number of anilines is 1. The molecule has 112 valence electrons. The summed E-state index contributed by atoms with van der Waals surface area (Å²) in [6, 6.07) is 7.91. The first-order valence-electron chi connectivity index (χ1n) is 6.49. The average Bonchev–Trinajstić information content (AvgIpc) is 2.93. The van der Waals surface area contributed by atoms with Gasteiger partial charge < -0.3 is 5.32 Å². The largest absolute Gasteiger partial charge is 0.325 e. The standard InChI is InChI=1S/C14H17N3OS3/c1-9(2)10-6-4-5-7-11(10)15-12(18)8-20-14-17-16-13(19-3)21-14/h4-7,9H,8H2,1-3H3,(H,15,18). The summed E-state index contributed by atoms with van der Waals surface area (Å²) in [4.78, 5) is 12.1. The van der Waals surface area contributed by atoms with E-state index in [0.29, 0.717) is 11.7 Å². The van der Waals surface area contributed by atoms with Crippen molar-refractivity contribution >= 4 is 46.5 Å². The third-order valence-corrected chi connectivity index (χ3v) is 5.78. The Bertz CT molecular complexity index is 613. The van der Waals surface area contributed by atoms with Crippen molar-refractivity contribution in [3.8, 4) is 0 Å². The van der Waals surface area contributed by atoms with Crippen molar-refractivity contribution in [1.82, 2.24) is 10.2 Å². The van der Waals surface area contributed by atoms with Crippen LogP contribution in [0.4, 0.5) is 5.69 Å². The van der Waals surface area contributed by atoms with Crippen molar-refractivity contribution in [2.75, 3.05) is 17.3 Å². The lowest BCUT2D eigenvalue weighted by Gasteiger charge is -2.13. The smallest absolute Gasteiger partial charge is 0.234 e. The highest BCUT2D eigenvalue weighted by molar-refractivity contribution is 8.03. The van der Waals surface area contributed by atoms with E-state index in [4.69, 9.17) is 0 Å². The number of aromatic nitrogens is 2. The van der Waals surface area contributed by atoms with Crippen LogP contribution in [0.5, 0.6) is 0 Å². The Hall–Kier alpha value is -1.05. The Labute approximate surface area is 137 Å². The second-order valence-corrected chi connectivity index (χ2v) is 7.87. The van der Waals surface area contributed by atoms with Crippen molar-refractivity contribution in [2.45, 2.75) is 28.4 Å². The summed E-state index contributed by atoms with van der Waals surface area (Å²) in [5.41, 5.74) is 2.04. The third-order valence-electron chi connectivity index (χ3n) is 2.75. The Morgan fingerprint density at radius 3 is 2.67 bits per heavy atom. The summed E-state index contributed by atoms with van der Waals surface area (Å²) in [5.74, 6) is 0.700. The minimum absolute atomic E-state index is 0.0194. The van der Waals surface area contributed by atoms with E-state index in [9.17, 15) is 4.79 Å². The normalized spacial score (nSPS) is 10.9. The molecule has 0 aliphatic carbocycles. The number of para-hydroxylation sites is 1. The highest BCUT2D eigenvalue weighted by Gasteiger charge is 2.11. The van der Waals surface area contributed by atoms with Crippen molar-refractivity contribution in [2.24, 2.45) is 0 Å². The molecule has 0 saturated heterocycles. The number of nitrogens with one attached hydrogen (secondary N) is 1. The van der Waals surface area contributed by atoms with E-state index in [1.807, 2.05) is 30.5 Å². The average molecular weight is 340 g/mol. The molecule has 0 aliphatic rings. The molecule has 7 heteroatoms. The van der Waals surface area contributed by atoms with Gasteiger partial charge in [-0.25, -0.2) is 0 Å². The lowest BCUT2D eigenvalue weighted by molar-refractivity contribution is -0.113. The van der Waals surface area contributed by atoms with Crippen LogP contribution >= 0.6 is 34.9 Å². The van der Waals surface area contributed by atoms with Crippen LogP contribution in [0.1, 0.15) is 25.3 Å². The maximum absolute atomic E-state index is 12.1. The molecule has 1 aromatic carbocycles. The Morgan fingerprint density at radius 2 is 2.00 bits per heavy atom. The quantitative estimate of drug-likeness (QED) is 0.803. The zero-order valence-corrected chi connectivity index (χ0v) is 14.6. The molecule has 1 aromatic heterocycles. The zero-order chi connectivity index (χ0) is 15.2. The molecule has 0 unspecified atom stereocenters. The predicted molar refractivity (Wildman–Crippen MR) is 91.6 cm³/mol. The second-order valence-electron chi connectivity index (χ2n) is 4.62. The molecule has 0 aliphatic heterocycles. The molecule has 2 aromatic rings. The number of benzene rings is 1. The number of amides is 1. The van der Waals surface area contributed by atoms with Gasteiger partial charge in [0, 0.05) is 5.69 Å². The SMILES string of the molecule is CSc1nnc(SCC(=O)Nc2ccccc2C(C)C)s1. The fraction of sp³-hybridized carbons (Fsp3) is 0.357. The Kier molecular flexibility index (Phi) is 6.08. The van der Waals surface area contributed by atoms with Crippen molar-refractivity contribution < 1.29 is 4.79 Å². The lowest BCUT2D eigenvalue weighted by atomic mass is 10.0. The highest BCUT2D eigenvalue weighted by atomic mass is 32.2. The van der Waals surface area contributed by atoms with Gasteiger partial charge in [-0.05, 0) is 23.8 Å². The monoisotopic (exact) mass is 339 g/mol. The van der Waals surface area contributed by atoms with Gasteiger partial charge in [0.15, 0.2) is 8.68 Å². The van der Waals surface area contributed by atoms with Crippen LogP contribution in [0, 0.1) is 0 Å². The number of carbonyl (C=O) groups is 1. The number of rotatable bonds is 6. The number of nitrogens with zero attached hydrogens (tertiary/aromatic N) is 2.